The van der Waals surface area contributed by atoms with Gasteiger partial charge in [-0.05, 0) is 24.3 Å². The summed E-state index contributed by atoms with van der Waals surface area (Å²) in [5.74, 6) is -0.370. The van der Waals surface area contributed by atoms with Gasteiger partial charge in [0, 0.05) is 22.3 Å². The van der Waals surface area contributed by atoms with Crippen LogP contribution in [0.3, 0.4) is 0 Å². The lowest BCUT2D eigenvalue weighted by molar-refractivity contribution is -0.123. The Kier molecular flexibility index (Phi) is 2.77. The number of aliphatic hydroxyl groups excluding tert-OH is 1. The van der Waals surface area contributed by atoms with E-state index in [0.29, 0.717) is 11.3 Å². The number of hydrogen-bond donors (Lipinski definition) is 2. The lowest BCUT2D eigenvalue weighted by Gasteiger charge is -2.04. The molecule has 2 N–H and O–H groups in total. The Bertz CT molecular complexity index is 601. The van der Waals surface area contributed by atoms with Crippen molar-refractivity contribution < 1.29 is 9.90 Å². The van der Waals surface area contributed by atoms with Crippen LogP contribution in [0.2, 0.25) is 0 Å². The van der Waals surface area contributed by atoms with Gasteiger partial charge in [0.05, 0.1) is 0 Å². The Balaban J connectivity index is 1.88. The van der Waals surface area contributed by atoms with E-state index in [9.17, 15) is 9.90 Å². The van der Waals surface area contributed by atoms with Crippen LogP contribution in [0.4, 0.5) is 5.69 Å². The summed E-state index contributed by atoms with van der Waals surface area (Å²) in [5, 5.41) is 13.1. The summed E-state index contributed by atoms with van der Waals surface area (Å²) in [4.78, 5) is 16.5. The average Bonchev–Trinajstić information content (AvgIpc) is 2.66. The third kappa shape index (κ3) is 1.98. The number of benzene rings is 1. The van der Waals surface area contributed by atoms with Crippen LogP contribution in [0.15, 0.2) is 52.5 Å². The highest BCUT2D eigenvalue weighted by Gasteiger charge is 2.28. The molecule has 1 atom stereocenters. The summed E-state index contributed by atoms with van der Waals surface area (Å²) < 4.78 is 0. The average molecular weight is 258 g/mol. The van der Waals surface area contributed by atoms with E-state index in [0.717, 1.165) is 9.92 Å². The fourth-order valence-electron chi connectivity index (χ4n) is 1.82. The smallest absolute Gasteiger partial charge is 0.257 e. The van der Waals surface area contributed by atoms with Crippen molar-refractivity contribution in [1.82, 2.24) is 4.98 Å². The van der Waals surface area contributed by atoms with Crippen LogP contribution in [0.1, 0.15) is 11.7 Å². The van der Waals surface area contributed by atoms with Gasteiger partial charge in [-0.3, -0.25) is 4.79 Å². The van der Waals surface area contributed by atoms with Gasteiger partial charge in [0.15, 0.2) is 6.10 Å². The zero-order valence-electron chi connectivity index (χ0n) is 9.33. The highest BCUT2D eigenvalue weighted by atomic mass is 32.2. The largest absolute Gasteiger partial charge is 0.378 e. The molecule has 0 spiro atoms. The second-order valence-corrected chi connectivity index (χ2v) is 5.00. The predicted molar refractivity (Wildman–Crippen MR) is 68.4 cm³/mol. The van der Waals surface area contributed by atoms with E-state index < -0.39 is 6.10 Å². The molecule has 0 radical (unpaired) electrons. The first-order valence-electron chi connectivity index (χ1n) is 5.46. The number of aliphatic hydroxyl groups is 1. The number of nitrogens with one attached hydrogen (secondary N) is 1. The van der Waals surface area contributed by atoms with Crippen LogP contribution >= 0.6 is 11.8 Å². The third-order valence-electron chi connectivity index (χ3n) is 2.69. The van der Waals surface area contributed by atoms with Gasteiger partial charge in [0.1, 0.15) is 5.03 Å². The SMILES string of the molecule is O=C1Nc2cc(Sc3ccccn3)ccc2C1O. The van der Waals surface area contributed by atoms with Crippen LogP contribution < -0.4 is 5.32 Å². The van der Waals surface area contributed by atoms with Crippen molar-refractivity contribution in [3.63, 3.8) is 0 Å². The molecule has 1 aromatic carbocycles. The van der Waals surface area contributed by atoms with Crippen LogP contribution in [0.5, 0.6) is 0 Å². The molecule has 1 aromatic heterocycles. The first-order valence-corrected chi connectivity index (χ1v) is 6.27. The Hall–Kier alpha value is -1.85. The molecule has 1 unspecified atom stereocenters. The Morgan fingerprint density at radius 3 is 2.94 bits per heavy atom. The summed E-state index contributed by atoms with van der Waals surface area (Å²) in [6.07, 6.45) is 0.690. The molecule has 0 aliphatic carbocycles. The molecule has 2 aromatic rings. The van der Waals surface area contributed by atoms with Gasteiger partial charge < -0.3 is 10.4 Å². The first-order chi connectivity index (χ1) is 8.74. The standard InChI is InChI=1S/C13H10N2O2S/c16-12-9-5-4-8(7-10(9)15-13(12)17)18-11-3-1-2-6-14-11/h1-7,12,16H,(H,15,17). The van der Waals surface area contributed by atoms with Crippen molar-refractivity contribution >= 4 is 23.4 Å². The van der Waals surface area contributed by atoms with E-state index in [-0.39, 0.29) is 5.91 Å². The maximum Gasteiger partial charge on any atom is 0.257 e. The number of nitrogens with zero attached hydrogens (tertiary/aromatic N) is 1. The van der Waals surface area contributed by atoms with Gasteiger partial charge in [-0.15, -0.1) is 0 Å². The molecule has 90 valence electrons. The minimum Gasteiger partial charge on any atom is -0.378 e. The fourth-order valence-corrected chi connectivity index (χ4v) is 2.63. The number of fused-ring (bicyclic) bond motifs is 1. The predicted octanol–water partition coefficient (Wildman–Crippen LogP) is 2.22. The molecule has 5 heteroatoms. The van der Waals surface area contributed by atoms with E-state index in [1.165, 1.54) is 11.8 Å². The zero-order valence-corrected chi connectivity index (χ0v) is 10.1. The maximum atomic E-state index is 11.3. The Morgan fingerprint density at radius 2 is 2.17 bits per heavy atom. The van der Waals surface area contributed by atoms with Gasteiger partial charge in [-0.25, -0.2) is 4.98 Å². The maximum absolute atomic E-state index is 11.3. The Morgan fingerprint density at radius 1 is 1.28 bits per heavy atom. The van der Waals surface area contributed by atoms with Crippen LogP contribution in [-0.2, 0) is 4.79 Å². The van der Waals surface area contributed by atoms with Crippen molar-refractivity contribution in [2.75, 3.05) is 5.32 Å². The highest BCUT2D eigenvalue weighted by molar-refractivity contribution is 7.99. The van der Waals surface area contributed by atoms with Gasteiger partial charge in [0.2, 0.25) is 0 Å². The van der Waals surface area contributed by atoms with Crippen LogP contribution in [0, 0.1) is 0 Å². The number of anilines is 1. The molecule has 0 bridgehead atoms. The zero-order chi connectivity index (χ0) is 12.5. The lowest BCUT2D eigenvalue weighted by Crippen LogP contribution is -2.10. The molecule has 2 heterocycles. The third-order valence-corrected chi connectivity index (χ3v) is 3.63. The van der Waals surface area contributed by atoms with Crippen molar-refractivity contribution in [2.45, 2.75) is 16.0 Å². The number of carbonyl (C=O) groups is 1. The van der Waals surface area contributed by atoms with Crippen LogP contribution in [0.25, 0.3) is 0 Å². The van der Waals surface area contributed by atoms with Gasteiger partial charge >= 0.3 is 0 Å². The van der Waals surface area contributed by atoms with E-state index in [1.54, 1.807) is 12.3 Å². The quantitative estimate of drug-likeness (QED) is 0.867. The summed E-state index contributed by atoms with van der Waals surface area (Å²) in [7, 11) is 0. The summed E-state index contributed by atoms with van der Waals surface area (Å²) in [6.45, 7) is 0. The number of aromatic nitrogens is 1. The van der Waals surface area contributed by atoms with Crippen molar-refractivity contribution in [1.29, 1.82) is 0 Å². The molecular weight excluding hydrogens is 248 g/mol. The van der Waals surface area contributed by atoms with Crippen molar-refractivity contribution in [3.8, 4) is 0 Å². The second-order valence-electron chi connectivity index (χ2n) is 3.91. The van der Waals surface area contributed by atoms with E-state index >= 15 is 0 Å². The van der Waals surface area contributed by atoms with Crippen molar-refractivity contribution in [2.24, 2.45) is 0 Å². The van der Waals surface area contributed by atoms with Gasteiger partial charge in [-0.1, -0.05) is 23.9 Å². The number of hydrogen-bond acceptors (Lipinski definition) is 4. The molecular formula is C13H10N2O2S. The number of pyridine rings is 1. The van der Waals surface area contributed by atoms with E-state index in [4.69, 9.17) is 0 Å². The fraction of sp³-hybridized carbons (Fsp3) is 0.0769. The topological polar surface area (TPSA) is 62.2 Å². The van der Waals surface area contributed by atoms with E-state index in [1.807, 2.05) is 30.3 Å². The minimum atomic E-state index is -1.05. The molecule has 4 nitrogen and oxygen atoms in total. The monoisotopic (exact) mass is 258 g/mol. The molecule has 18 heavy (non-hydrogen) atoms. The molecule has 1 amide bonds. The summed E-state index contributed by atoms with van der Waals surface area (Å²) in [5.41, 5.74) is 1.30. The minimum absolute atomic E-state index is 0.370. The van der Waals surface area contributed by atoms with Gasteiger partial charge in [-0.2, -0.15) is 0 Å². The molecule has 3 rings (SSSR count). The second kappa shape index (κ2) is 4.44. The highest BCUT2D eigenvalue weighted by Crippen LogP contribution is 2.35. The Labute approximate surface area is 108 Å². The summed E-state index contributed by atoms with van der Waals surface area (Å²) >= 11 is 1.51. The molecule has 1 aliphatic heterocycles. The molecule has 1 aliphatic rings. The van der Waals surface area contributed by atoms with Crippen LogP contribution in [-0.4, -0.2) is 16.0 Å². The first kappa shape index (κ1) is 11.3. The van der Waals surface area contributed by atoms with E-state index in [2.05, 4.69) is 10.3 Å². The molecule has 0 fully saturated rings. The number of amides is 1. The molecule has 0 saturated carbocycles. The number of carbonyl (C=O) groups excluding carboxylic acids is 1. The normalized spacial score (nSPS) is 17.4. The summed E-state index contributed by atoms with van der Waals surface area (Å²) in [6, 6.07) is 11.2. The number of rotatable bonds is 2. The lowest BCUT2D eigenvalue weighted by atomic mass is 10.1. The van der Waals surface area contributed by atoms with Crippen molar-refractivity contribution in [3.05, 3.63) is 48.2 Å². The van der Waals surface area contributed by atoms with Gasteiger partial charge in [0.25, 0.3) is 5.91 Å². The molecule has 0 saturated heterocycles.